The molecule has 1 aliphatic carbocycles. The third kappa shape index (κ3) is 1.35. The normalized spacial score (nSPS) is 21.4. The fraction of sp³-hybridized carbons (Fsp3) is 0.300. The fourth-order valence-electron chi connectivity index (χ4n) is 1.63. The van der Waals surface area contributed by atoms with E-state index in [1.807, 2.05) is 6.07 Å². The van der Waals surface area contributed by atoms with Gasteiger partial charge < -0.3 is 0 Å². The second-order valence-corrected chi connectivity index (χ2v) is 3.55. The van der Waals surface area contributed by atoms with Crippen molar-refractivity contribution in [3.05, 3.63) is 34.3 Å². The topological polar surface area (TPSA) is 17.1 Å². The summed E-state index contributed by atoms with van der Waals surface area (Å²) in [6.07, 6.45) is -0.624. The Balaban J connectivity index is 2.57. The van der Waals surface area contributed by atoms with Crippen LogP contribution in [-0.4, -0.2) is 5.78 Å². The fourth-order valence-corrected chi connectivity index (χ4v) is 1.92. The summed E-state index contributed by atoms with van der Waals surface area (Å²) in [5, 5.41) is 0.359. The molecule has 0 amide bonds. The molecule has 0 aromatic heterocycles. The van der Waals surface area contributed by atoms with Gasteiger partial charge in [-0.25, -0.2) is 4.39 Å². The largest absolute Gasteiger partial charge is 0.296 e. The van der Waals surface area contributed by atoms with E-state index < -0.39 is 6.17 Å². The average molecular weight is 199 g/mol. The van der Waals surface area contributed by atoms with Crippen LogP contribution >= 0.6 is 11.6 Å². The van der Waals surface area contributed by atoms with Gasteiger partial charge in [-0.05, 0) is 18.1 Å². The number of hydrogen-bond acceptors (Lipinski definition) is 1. The van der Waals surface area contributed by atoms with Gasteiger partial charge in [-0.1, -0.05) is 23.7 Å². The van der Waals surface area contributed by atoms with E-state index in [2.05, 4.69) is 0 Å². The van der Waals surface area contributed by atoms with Crippen LogP contribution in [0.4, 0.5) is 4.39 Å². The third-order valence-electron chi connectivity index (χ3n) is 2.32. The molecule has 1 aliphatic rings. The third-order valence-corrected chi connectivity index (χ3v) is 2.65. The number of rotatable bonds is 0. The van der Waals surface area contributed by atoms with Crippen LogP contribution in [-0.2, 0) is 11.2 Å². The molecule has 3 heteroatoms. The molecular weight excluding hydrogens is 191 g/mol. The number of ketones is 1. The summed E-state index contributed by atoms with van der Waals surface area (Å²) in [5.41, 5.74) is 1.24. The number of fused-ring (bicyclic) bond motifs is 1. The molecular formula is C10H8ClFO. The number of Topliss-reactive ketones (excluding diaryl/α,β-unsaturated/α-hetero) is 1. The van der Waals surface area contributed by atoms with Gasteiger partial charge in [0.2, 0.25) is 0 Å². The molecule has 13 heavy (non-hydrogen) atoms. The van der Waals surface area contributed by atoms with Gasteiger partial charge in [0, 0.05) is 17.0 Å². The van der Waals surface area contributed by atoms with Crippen LogP contribution in [0.15, 0.2) is 18.2 Å². The summed E-state index contributed by atoms with van der Waals surface area (Å²) in [7, 11) is 0. The van der Waals surface area contributed by atoms with E-state index in [9.17, 15) is 9.18 Å². The van der Waals surface area contributed by atoms with Crippen molar-refractivity contribution >= 4 is 17.4 Å². The lowest BCUT2D eigenvalue weighted by Gasteiger charge is -2.19. The van der Waals surface area contributed by atoms with Crippen LogP contribution in [0, 0.1) is 0 Å². The SMILES string of the molecule is O=C1CCc2cccc(Cl)c2C1F. The highest BCUT2D eigenvalue weighted by Gasteiger charge is 2.28. The molecule has 1 unspecified atom stereocenters. The Labute approximate surface area is 80.5 Å². The van der Waals surface area contributed by atoms with Crippen LogP contribution in [0.1, 0.15) is 23.7 Å². The Bertz CT molecular complexity index is 362. The number of aryl methyl sites for hydroxylation is 1. The highest BCUT2D eigenvalue weighted by atomic mass is 35.5. The maximum atomic E-state index is 13.4. The molecule has 1 atom stereocenters. The summed E-state index contributed by atoms with van der Waals surface area (Å²) in [6, 6.07) is 5.22. The van der Waals surface area contributed by atoms with E-state index >= 15 is 0 Å². The molecule has 0 heterocycles. The second kappa shape index (κ2) is 3.11. The Morgan fingerprint density at radius 2 is 2.15 bits per heavy atom. The second-order valence-electron chi connectivity index (χ2n) is 3.14. The van der Waals surface area contributed by atoms with Crippen molar-refractivity contribution in [2.24, 2.45) is 0 Å². The number of carbonyl (C=O) groups is 1. The standard InChI is InChI=1S/C10H8ClFO/c11-7-3-1-2-6-4-5-8(13)10(12)9(6)7/h1-3,10H,4-5H2. The van der Waals surface area contributed by atoms with Crippen molar-refractivity contribution in [3.63, 3.8) is 0 Å². The predicted octanol–water partition coefficient (Wildman–Crippen LogP) is 2.87. The first-order valence-electron chi connectivity index (χ1n) is 4.14. The number of hydrogen-bond donors (Lipinski definition) is 0. The number of carbonyl (C=O) groups excluding carboxylic acids is 1. The Morgan fingerprint density at radius 1 is 1.38 bits per heavy atom. The predicted molar refractivity (Wildman–Crippen MR) is 48.6 cm³/mol. The van der Waals surface area contributed by atoms with Gasteiger partial charge >= 0.3 is 0 Å². The van der Waals surface area contributed by atoms with Crippen molar-refractivity contribution in [2.45, 2.75) is 19.0 Å². The van der Waals surface area contributed by atoms with Crippen molar-refractivity contribution in [1.29, 1.82) is 0 Å². The minimum absolute atomic E-state index is 0.286. The summed E-state index contributed by atoms with van der Waals surface area (Å²) < 4.78 is 13.4. The molecule has 0 N–H and O–H groups in total. The van der Waals surface area contributed by atoms with Crippen molar-refractivity contribution < 1.29 is 9.18 Å². The summed E-state index contributed by atoms with van der Waals surface area (Å²) in [5.74, 6) is -0.361. The van der Waals surface area contributed by atoms with Crippen LogP contribution in [0.2, 0.25) is 5.02 Å². The highest BCUT2D eigenvalue weighted by molar-refractivity contribution is 6.31. The smallest absolute Gasteiger partial charge is 0.185 e. The lowest BCUT2D eigenvalue weighted by atomic mass is 9.89. The lowest BCUT2D eigenvalue weighted by Crippen LogP contribution is -2.17. The maximum absolute atomic E-state index is 13.4. The molecule has 0 spiro atoms. The van der Waals surface area contributed by atoms with Crippen molar-refractivity contribution in [2.75, 3.05) is 0 Å². The Kier molecular flexibility index (Phi) is 2.08. The highest BCUT2D eigenvalue weighted by Crippen LogP contribution is 2.34. The Morgan fingerprint density at radius 3 is 2.92 bits per heavy atom. The van der Waals surface area contributed by atoms with Crippen LogP contribution < -0.4 is 0 Å². The van der Waals surface area contributed by atoms with E-state index in [1.165, 1.54) is 0 Å². The zero-order valence-electron chi connectivity index (χ0n) is 6.89. The van der Waals surface area contributed by atoms with Gasteiger partial charge in [-0.15, -0.1) is 0 Å². The van der Waals surface area contributed by atoms with Crippen LogP contribution in [0.5, 0.6) is 0 Å². The number of halogens is 2. The first-order valence-corrected chi connectivity index (χ1v) is 4.52. The number of benzene rings is 1. The van der Waals surface area contributed by atoms with Crippen LogP contribution in [0.3, 0.4) is 0 Å². The molecule has 1 aromatic carbocycles. The van der Waals surface area contributed by atoms with Gasteiger partial charge in [0.05, 0.1) is 0 Å². The van der Waals surface area contributed by atoms with E-state index in [-0.39, 0.29) is 12.2 Å². The minimum Gasteiger partial charge on any atom is -0.296 e. The van der Waals surface area contributed by atoms with Gasteiger partial charge in [0.15, 0.2) is 12.0 Å². The van der Waals surface area contributed by atoms with Crippen molar-refractivity contribution in [3.8, 4) is 0 Å². The summed E-state index contributed by atoms with van der Waals surface area (Å²) in [4.78, 5) is 11.1. The molecule has 0 bridgehead atoms. The average Bonchev–Trinajstić information content (AvgIpc) is 2.12. The van der Waals surface area contributed by atoms with Gasteiger partial charge in [0.1, 0.15) is 0 Å². The zero-order chi connectivity index (χ0) is 9.42. The molecule has 0 radical (unpaired) electrons. The molecule has 68 valence electrons. The maximum Gasteiger partial charge on any atom is 0.185 e. The molecule has 0 aliphatic heterocycles. The van der Waals surface area contributed by atoms with E-state index in [1.54, 1.807) is 12.1 Å². The summed E-state index contributed by atoms with van der Waals surface area (Å²) >= 11 is 5.81. The molecule has 1 nitrogen and oxygen atoms in total. The first-order chi connectivity index (χ1) is 6.20. The lowest BCUT2D eigenvalue weighted by molar-refractivity contribution is -0.124. The molecule has 1 aromatic rings. The van der Waals surface area contributed by atoms with E-state index in [0.29, 0.717) is 17.0 Å². The van der Waals surface area contributed by atoms with Crippen molar-refractivity contribution in [1.82, 2.24) is 0 Å². The monoisotopic (exact) mass is 198 g/mol. The zero-order valence-corrected chi connectivity index (χ0v) is 7.64. The summed E-state index contributed by atoms with van der Waals surface area (Å²) in [6.45, 7) is 0. The minimum atomic E-state index is -1.52. The molecule has 2 rings (SSSR count). The van der Waals surface area contributed by atoms with Crippen LogP contribution in [0.25, 0.3) is 0 Å². The molecule has 0 saturated heterocycles. The first kappa shape index (κ1) is 8.70. The van der Waals surface area contributed by atoms with E-state index in [4.69, 9.17) is 11.6 Å². The van der Waals surface area contributed by atoms with Gasteiger partial charge in [-0.3, -0.25) is 4.79 Å². The Hall–Kier alpha value is -0.890. The number of alkyl halides is 1. The van der Waals surface area contributed by atoms with E-state index in [0.717, 1.165) is 5.56 Å². The van der Waals surface area contributed by atoms with Gasteiger partial charge in [0.25, 0.3) is 0 Å². The quantitative estimate of drug-likeness (QED) is 0.627. The molecule has 0 fully saturated rings. The molecule has 0 saturated carbocycles. The van der Waals surface area contributed by atoms with Gasteiger partial charge in [-0.2, -0.15) is 0 Å².